The molecule has 0 heterocycles. The van der Waals surface area contributed by atoms with Crippen molar-refractivity contribution in [2.24, 2.45) is 5.73 Å². The number of rotatable bonds is 6. The van der Waals surface area contributed by atoms with Crippen LogP contribution in [0.5, 0.6) is 0 Å². The molecule has 1 aromatic rings. The number of sulfonamides is 1. The van der Waals surface area contributed by atoms with Crippen molar-refractivity contribution in [3.63, 3.8) is 0 Å². The number of benzene rings is 1. The lowest BCUT2D eigenvalue weighted by molar-refractivity contribution is 0.581. The summed E-state index contributed by atoms with van der Waals surface area (Å²) in [4.78, 5) is 0. The lowest BCUT2D eigenvalue weighted by Gasteiger charge is -2.07. The summed E-state index contributed by atoms with van der Waals surface area (Å²) in [6.07, 6.45) is 0.705. The molecule has 0 unspecified atom stereocenters. The standard InChI is InChI=1S/C11H18N2O2S/c1-10-4-2-3-5-11(10)6-8-13-16(14,15)9-7-12/h2-5,13H,6-9,12H2,1H3. The van der Waals surface area contributed by atoms with Gasteiger partial charge in [-0.1, -0.05) is 24.3 Å². The number of hydrogen-bond donors (Lipinski definition) is 2. The molecule has 0 aliphatic rings. The van der Waals surface area contributed by atoms with E-state index in [4.69, 9.17) is 5.73 Å². The summed E-state index contributed by atoms with van der Waals surface area (Å²) in [5, 5.41) is 0. The molecule has 0 atom stereocenters. The molecule has 5 heteroatoms. The van der Waals surface area contributed by atoms with Gasteiger partial charge in [-0.2, -0.15) is 0 Å². The lowest BCUT2D eigenvalue weighted by Crippen LogP contribution is -2.31. The summed E-state index contributed by atoms with van der Waals surface area (Å²) in [6, 6.07) is 7.95. The maximum atomic E-state index is 11.3. The summed E-state index contributed by atoms with van der Waals surface area (Å²) in [5.74, 6) is -0.0131. The van der Waals surface area contributed by atoms with Crippen LogP contribution in [-0.4, -0.2) is 27.3 Å². The SMILES string of the molecule is Cc1ccccc1CCNS(=O)(=O)CCN. The van der Waals surface area contributed by atoms with Crippen molar-refractivity contribution in [3.8, 4) is 0 Å². The van der Waals surface area contributed by atoms with E-state index in [-0.39, 0.29) is 12.3 Å². The summed E-state index contributed by atoms with van der Waals surface area (Å²) in [7, 11) is -3.19. The molecular formula is C11H18N2O2S. The maximum absolute atomic E-state index is 11.3. The van der Waals surface area contributed by atoms with Gasteiger partial charge in [0.25, 0.3) is 0 Å². The van der Waals surface area contributed by atoms with E-state index in [1.54, 1.807) is 0 Å². The van der Waals surface area contributed by atoms with Gasteiger partial charge in [0, 0.05) is 13.1 Å². The Balaban J connectivity index is 2.45. The summed E-state index contributed by atoms with van der Waals surface area (Å²) < 4.78 is 25.2. The molecule has 0 aliphatic carbocycles. The van der Waals surface area contributed by atoms with E-state index in [0.29, 0.717) is 13.0 Å². The molecule has 0 aliphatic heterocycles. The monoisotopic (exact) mass is 242 g/mol. The number of aryl methyl sites for hydroxylation is 1. The van der Waals surface area contributed by atoms with Crippen molar-refractivity contribution < 1.29 is 8.42 Å². The molecule has 0 spiro atoms. The van der Waals surface area contributed by atoms with Crippen LogP contribution in [0.4, 0.5) is 0 Å². The zero-order valence-electron chi connectivity index (χ0n) is 9.44. The largest absolute Gasteiger partial charge is 0.329 e. The smallest absolute Gasteiger partial charge is 0.212 e. The van der Waals surface area contributed by atoms with Crippen LogP contribution in [0, 0.1) is 6.92 Å². The molecule has 1 aromatic carbocycles. The quantitative estimate of drug-likeness (QED) is 0.759. The van der Waals surface area contributed by atoms with Crippen LogP contribution in [0.15, 0.2) is 24.3 Å². The molecule has 16 heavy (non-hydrogen) atoms. The van der Waals surface area contributed by atoms with Crippen molar-refractivity contribution in [1.29, 1.82) is 0 Å². The second kappa shape index (κ2) is 5.98. The van der Waals surface area contributed by atoms with E-state index < -0.39 is 10.0 Å². The highest BCUT2D eigenvalue weighted by Crippen LogP contribution is 2.06. The molecule has 0 aromatic heterocycles. The van der Waals surface area contributed by atoms with Gasteiger partial charge >= 0.3 is 0 Å². The third-order valence-electron chi connectivity index (χ3n) is 2.36. The first-order valence-electron chi connectivity index (χ1n) is 5.27. The average molecular weight is 242 g/mol. The highest BCUT2D eigenvalue weighted by atomic mass is 32.2. The van der Waals surface area contributed by atoms with Crippen LogP contribution in [0.2, 0.25) is 0 Å². The van der Waals surface area contributed by atoms with Gasteiger partial charge in [-0.25, -0.2) is 13.1 Å². The van der Waals surface area contributed by atoms with Crippen LogP contribution in [-0.2, 0) is 16.4 Å². The van der Waals surface area contributed by atoms with Crippen molar-refractivity contribution >= 4 is 10.0 Å². The second-order valence-corrected chi connectivity index (χ2v) is 5.60. The van der Waals surface area contributed by atoms with E-state index in [1.165, 1.54) is 5.56 Å². The van der Waals surface area contributed by atoms with Gasteiger partial charge in [0.15, 0.2) is 0 Å². The van der Waals surface area contributed by atoms with Crippen LogP contribution in [0.1, 0.15) is 11.1 Å². The fourth-order valence-corrected chi connectivity index (χ4v) is 2.33. The first kappa shape index (κ1) is 13.2. The Bertz CT molecular complexity index is 429. The minimum Gasteiger partial charge on any atom is -0.329 e. The Hall–Kier alpha value is -0.910. The topological polar surface area (TPSA) is 72.2 Å². The highest BCUT2D eigenvalue weighted by Gasteiger charge is 2.07. The van der Waals surface area contributed by atoms with Gasteiger partial charge in [-0.15, -0.1) is 0 Å². The van der Waals surface area contributed by atoms with E-state index >= 15 is 0 Å². The van der Waals surface area contributed by atoms with Gasteiger partial charge in [-0.05, 0) is 24.5 Å². The molecule has 0 bridgehead atoms. The molecule has 0 fully saturated rings. The highest BCUT2D eigenvalue weighted by molar-refractivity contribution is 7.89. The van der Waals surface area contributed by atoms with Gasteiger partial charge in [0.05, 0.1) is 5.75 Å². The number of hydrogen-bond acceptors (Lipinski definition) is 3. The third kappa shape index (κ3) is 4.30. The summed E-state index contributed by atoms with van der Waals surface area (Å²) in [5.41, 5.74) is 7.55. The van der Waals surface area contributed by atoms with Crippen molar-refractivity contribution in [1.82, 2.24) is 4.72 Å². The fraction of sp³-hybridized carbons (Fsp3) is 0.455. The Morgan fingerprint density at radius 1 is 1.31 bits per heavy atom. The van der Waals surface area contributed by atoms with E-state index in [0.717, 1.165) is 5.56 Å². The van der Waals surface area contributed by atoms with Gasteiger partial charge in [0.2, 0.25) is 10.0 Å². The zero-order valence-corrected chi connectivity index (χ0v) is 10.3. The second-order valence-electron chi connectivity index (χ2n) is 3.68. The molecule has 90 valence electrons. The number of nitrogens with two attached hydrogens (primary N) is 1. The van der Waals surface area contributed by atoms with Gasteiger partial charge in [0.1, 0.15) is 0 Å². The Morgan fingerprint density at radius 3 is 2.62 bits per heavy atom. The van der Waals surface area contributed by atoms with Gasteiger partial charge < -0.3 is 5.73 Å². The van der Waals surface area contributed by atoms with Crippen molar-refractivity contribution in [2.75, 3.05) is 18.8 Å². The van der Waals surface area contributed by atoms with Gasteiger partial charge in [-0.3, -0.25) is 0 Å². The fourth-order valence-electron chi connectivity index (χ4n) is 1.46. The van der Waals surface area contributed by atoms with Crippen molar-refractivity contribution in [3.05, 3.63) is 35.4 Å². The first-order chi connectivity index (χ1) is 7.55. The van der Waals surface area contributed by atoms with E-state index in [2.05, 4.69) is 4.72 Å². The summed E-state index contributed by atoms with van der Waals surface area (Å²) >= 11 is 0. The zero-order chi connectivity index (χ0) is 12.0. The van der Waals surface area contributed by atoms with E-state index in [1.807, 2.05) is 31.2 Å². The molecule has 0 amide bonds. The average Bonchev–Trinajstić information content (AvgIpc) is 2.20. The third-order valence-corrected chi connectivity index (χ3v) is 3.78. The minimum atomic E-state index is -3.19. The molecule has 0 saturated heterocycles. The Morgan fingerprint density at radius 2 is 2.00 bits per heavy atom. The Labute approximate surface area is 96.9 Å². The molecule has 0 saturated carbocycles. The maximum Gasteiger partial charge on any atom is 0.212 e. The van der Waals surface area contributed by atoms with Crippen LogP contribution in [0.3, 0.4) is 0 Å². The molecule has 4 nitrogen and oxygen atoms in total. The molecule has 0 radical (unpaired) electrons. The molecule has 1 rings (SSSR count). The Kier molecular flexibility index (Phi) is 4.92. The summed E-state index contributed by atoms with van der Waals surface area (Å²) in [6.45, 7) is 2.59. The lowest BCUT2D eigenvalue weighted by atomic mass is 10.1. The van der Waals surface area contributed by atoms with Crippen LogP contribution >= 0.6 is 0 Å². The van der Waals surface area contributed by atoms with E-state index in [9.17, 15) is 8.42 Å². The van der Waals surface area contributed by atoms with Crippen LogP contribution in [0.25, 0.3) is 0 Å². The predicted molar refractivity (Wildman–Crippen MR) is 65.7 cm³/mol. The number of nitrogens with one attached hydrogen (secondary N) is 1. The van der Waals surface area contributed by atoms with Crippen molar-refractivity contribution in [2.45, 2.75) is 13.3 Å². The minimum absolute atomic E-state index is 0.0131. The first-order valence-corrected chi connectivity index (χ1v) is 6.92. The predicted octanol–water partition coefficient (Wildman–Crippen LogP) is 0.416. The molecule has 3 N–H and O–H groups in total. The molecular weight excluding hydrogens is 224 g/mol. The van der Waals surface area contributed by atoms with Crippen LogP contribution < -0.4 is 10.5 Å². The normalized spacial score (nSPS) is 11.6.